The summed E-state index contributed by atoms with van der Waals surface area (Å²) in [6.45, 7) is 0.444. The number of fused-ring (bicyclic) bond motifs is 1. The molecule has 0 spiro atoms. The third-order valence-electron chi connectivity index (χ3n) is 5.28. The number of hydrogen-bond donors (Lipinski definition) is 1. The van der Waals surface area contributed by atoms with Crippen LogP contribution in [0, 0.1) is 32.8 Å². The molecule has 0 radical (unpaired) electrons. The molecule has 0 aliphatic rings. The number of non-ortho nitro benzene ring substituents is 1. The van der Waals surface area contributed by atoms with Crippen LogP contribution in [-0.2, 0) is 11.3 Å². The van der Waals surface area contributed by atoms with Gasteiger partial charge in [-0.1, -0.05) is 42.5 Å². The largest absolute Gasteiger partial charge is 0.342 e. The fourth-order valence-electron chi connectivity index (χ4n) is 3.67. The van der Waals surface area contributed by atoms with Gasteiger partial charge in [0.1, 0.15) is 11.6 Å². The highest BCUT2D eigenvalue weighted by atomic mass is 16.6. The number of amides is 1. The fraction of sp³-hybridized carbons (Fsp3) is 0.0385. The normalized spacial score (nSPS) is 10.9. The molecule has 0 unspecified atom stereocenters. The Kier molecular flexibility index (Phi) is 6.16. The van der Waals surface area contributed by atoms with Crippen molar-refractivity contribution in [3.05, 3.63) is 111 Å². The summed E-state index contributed by atoms with van der Waals surface area (Å²) in [6, 6.07) is 24.5. The van der Waals surface area contributed by atoms with Gasteiger partial charge in [0.15, 0.2) is 0 Å². The maximum absolute atomic E-state index is 12.7. The number of carbonyl (C=O) groups is 1. The fourth-order valence-corrected chi connectivity index (χ4v) is 3.67. The van der Waals surface area contributed by atoms with E-state index in [1.165, 1.54) is 30.3 Å². The predicted molar refractivity (Wildman–Crippen MR) is 128 cm³/mol. The highest BCUT2D eigenvalue weighted by Crippen LogP contribution is 2.26. The number of aromatic nitrogens is 1. The van der Waals surface area contributed by atoms with Gasteiger partial charge in [0, 0.05) is 47.0 Å². The van der Waals surface area contributed by atoms with E-state index in [2.05, 4.69) is 11.4 Å². The van der Waals surface area contributed by atoms with Gasteiger partial charge in [-0.25, -0.2) is 0 Å². The second-order valence-corrected chi connectivity index (χ2v) is 7.43. The molecule has 1 amide bonds. The molecule has 34 heavy (non-hydrogen) atoms. The summed E-state index contributed by atoms with van der Waals surface area (Å²) in [5.74, 6) is -0.672. The van der Waals surface area contributed by atoms with E-state index in [-0.39, 0.29) is 16.9 Å². The highest BCUT2D eigenvalue weighted by molar-refractivity contribution is 6.10. The zero-order valence-electron chi connectivity index (χ0n) is 17.8. The number of nitro groups is 1. The van der Waals surface area contributed by atoms with Gasteiger partial charge in [-0.15, -0.1) is 0 Å². The summed E-state index contributed by atoms with van der Waals surface area (Å²) in [4.78, 5) is 23.1. The van der Waals surface area contributed by atoms with Gasteiger partial charge in [-0.3, -0.25) is 14.9 Å². The molecule has 1 N–H and O–H groups in total. The molecule has 8 nitrogen and oxygen atoms in total. The average molecular weight is 447 g/mol. The van der Waals surface area contributed by atoms with Crippen molar-refractivity contribution < 1.29 is 9.72 Å². The Morgan fingerprint density at radius 3 is 2.59 bits per heavy atom. The number of carbonyl (C=O) groups excluding carboxylic acids is 1. The number of benzene rings is 3. The standard InChI is InChI=1S/C26H17N5O3/c27-14-18-6-1-2-7-19(18)16-30-17-21(24-10-3-4-11-25(24)30)12-20(15-28)26(32)29-22-8-5-9-23(13-22)31(33)34/h1-13,17H,16H2,(H,29,32)/b20-12+. The first-order chi connectivity index (χ1) is 16.5. The summed E-state index contributed by atoms with van der Waals surface area (Å²) in [5.41, 5.74) is 2.88. The number of para-hydroxylation sites is 1. The molecule has 164 valence electrons. The Hall–Kier alpha value is -5.21. The molecular formula is C26H17N5O3. The Bertz CT molecular complexity index is 1540. The molecule has 4 aromatic rings. The van der Waals surface area contributed by atoms with Crippen molar-refractivity contribution in [1.29, 1.82) is 10.5 Å². The molecule has 0 bridgehead atoms. The maximum Gasteiger partial charge on any atom is 0.271 e. The Labute approximate surface area is 194 Å². The summed E-state index contributed by atoms with van der Waals surface area (Å²) in [5, 5.41) is 33.4. The molecule has 3 aromatic carbocycles. The Balaban J connectivity index is 1.69. The van der Waals surface area contributed by atoms with Crippen molar-refractivity contribution in [2.24, 2.45) is 0 Å². The second-order valence-electron chi connectivity index (χ2n) is 7.43. The lowest BCUT2D eigenvalue weighted by Gasteiger charge is -2.07. The number of nitriles is 2. The van der Waals surface area contributed by atoms with Crippen LogP contribution in [0.4, 0.5) is 11.4 Å². The van der Waals surface area contributed by atoms with E-state index < -0.39 is 10.8 Å². The maximum atomic E-state index is 12.7. The SMILES string of the molecule is N#C/C(=C\c1cn(Cc2ccccc2C#N)c2ccccc12)C(=O)Nc1cccc([N+](=O)[O-])c1. The Morgan fingerprint density at radius 1 is 1.06 bits per heavy atom. The minimum atomic E-state index is -0.672. The van der Waals surface area contributed by atoms with Crippen LogP contribution in [0.2, 0.25) is 0 Å². The van der Waals surface area contributed by atoms with E-state index in [4.69, 9.17) is 0 Å². The molecule has 0 aliphatic carbocycles. The number of nitro benzene ring substituents is 1. The summed E-state index contributed by atoms with van der Waals surface area (Å²) < 4.78 is 1.96. The topological polar surface area (TPSA) is 125 Å². The van der Waals surface area contributed by atoms with Crippen LogP contribution in [0.3, 0.4) is 0 Å². The number of rotatable bonds is 6. The number of hydrogen-bond acceptors (Lipinski definition) is 5. The first-order valence-corrected chi connectivity index (χ1v) is 10.2. The van der Waals surface area contributed by atoms with Crippen molar-refractivity contribution in [2.45, 2.75) is 6.54 Å². The molecule has 8 heteroatoms. The van der Waals surface area contributed by atoms with E-state index in [0.29, 0.717) is 17.7 Å². The third kappa shape index (κ3) is 4.52. The molecule has 0 atom stereocenters. The van der Waals surface area contributed by atoms with Crippen LogP contribution in [0.25, 0.3) is 17.0 Å². The van der Waals surface area contributed by atoms with Gasteiger partial charge in [-0.05, 0) is 29.8 Å². The Morgan fingerprint density at radius 2 is 1.82 bits per heavy atom. The van der Waals surface area contributed by atoms with Crippen LogP contribution in [0.1, 0.15) is 16.7 Å². The number of anilines is 1. The van der Waals surface area contributed by atoms with Crippen molar-refractivity contribution >= 4 is 34.3 Å². The molecular weight excluding hydrogens is 430 g/mol. The first-order valence-electron chi connectivity index (χ1n) is 10.2. The molecule has 4 rings (SSSR count). The monoisotopic (exact) mass is 447 g/mol. The van der Waals surface area contributed by atoms with Crippen molar-refractivity contribution in [2.75, 3.05) is 5.32 Å². The summed E-state index contributed by atoms with van der Waals surface area (Å²) in [7, 11) is 0. The van der Waals surface area contributed by atoms with E-state index in [9.17, 15) is 25.4 Å². The molecule has 0 saturated heterocycles. The summed E-state index contributed by atoms with van der Waals surface area (Å²) >= 11 is 0. The minimum Gasteiger partial charge on any atom is -0.342 e. The van der Waals surface area contributed by atoms with E-state index >= 15 is 0 Å². The van der Waals surface area contributed by atoms with Crippen molar-refractivity contribution in [3.8, 4) is 12.1 Å². The lowest BCUT2D eigenvalue weighted by molar-refractivity contribution is -0.384. The highest BCUT2D eigenvalue weighted by Gasteiger charge is 2.15. The van der Waals surface area contributed by atoms with E-state index in [1.54, 1.807) is 6.07 Å². The molecule has 0 saturated carbocycles. The summed E-state index contributed by atoms with van der Waals surface area (Å²) in [6.07, 6.45) is 3.32. The van der Waals surface area contributed by atoms with Gasteiger partial charge in [0.25, 0.3) is 11.6 Å². The van der Waals surface area contributed by atoms with Crippen LogP contribution in [0.5, 0.6) is 0 Å². The smallest absolute Gasteiger partial charge is 0.271 e. The molecule has 0 aliphatic heterocycles. The lowest BCUT2D eigenvalue weighted by Crippen LogP contribution is -2.13. The van der Waals surface area contributed by atoms with Gasteiger partial charge in [0.2, 0.25) is 0 Å². The zero-order valence-corrected chi connectivity index (χ0v) is 17.8. The first kappa shape index (κ1) is 22.0. The van der Waals surface area contributed by atoms with Crippen LogP contribution < -0.4 is 5.32 Å². The second kappa shape index (κ2) is 9.51. The molecule has 1 aromatic heterocycles. The van der Waals surface area contributed by atoms with Gasteiger partial charge < -0.3 is 9.88 Å². The lowest BCUT2D eigenvalue weighted by atomic mass is 10.1. The van der Waals surface area contributed by atoms with E-state index in [1.807, 2.05) is 59.3 Å². The third-order valence-corrected chi connectivity index (χ3v) is 5.28. The minimum absolute atomic E-state index is 0.146. The van der Waals surface area contributed by atoms with Gasteiger partial charge in [0.05, 0.1) is 16.6 Å². The van der Waals surface area contributed by atoms with Crippen LogP contribution in [-0.4, -0.2) is 15.4 Å². The van der Waals surface area contributed by atoms with E-state index in [0.717, 1.165) is 16.5 Å². The zero-order chi connectivity index (χ0) is 24.1. The van der Waals surface area contributed by atoms with Gasteiger partial charge in [-0.2, -0.15) is 10.5 Å². The molecule has 1 heterocycles. The quantitative estimate of drug-likeness (QED) is 0.192. The van der Waals surface area contributed by atoms with Crippen LogP contribution >= 0.6 is 0 Å². The molecule has 0 fully saturated rings. The van der Waals surface area contributed by atoms with Crippen molar-refractivity contribution in [1.82, 2.24) is 4.57 Å². The van der Waals surface area contributed by atoms with Crippen LogP contribution in [0.15, 0.2) is 84.6 Å². The average Bonchev–Trinajstić information content (AvgIpc) is 3.20. The predicted octanol–water partition coefficient (Wildman–Crippen LogP) is 5.02. The number of nitrogens with one attached hydrogen (secondary N) is 1. The van der Waals surface area contributed by atoms with Gasteiger partial charge >= 0.3 is 0 Å². The van der Waals surface area contributed by atoms with Crippen molar-refractivity contribution in [3.63, 3.8) is 0 Å². The number of nitrogens with zero attached hydrogens (tertiary/aromatic N) is 4.